The minimum absolute atomic E-state index is 0.362. The second-order valence-corrected chi connectivity index (χ2v) is 4.47. The highest BCUT2D eigenvalue weighted by molar-refractivity contribution is 5.38. The summed E-state index contributed by atoms with van der Waals surface area (Å²) in [5.74, 6) is 0.894. The molecule has 1 aliphatic heterocycles. The molecular weight excluding hydrogens is 188 g/mol. The summed E-state index contributed by atoms with van der Waals surface area (Å²) < 4.78 is 0. The summed E-state index contributed by atoms with van der Waals surface area (Å²) in [6.07, 6.45) is 0. The monoisotopic (exact) mass is 206 g/mol. The molecule has 0 bridgehead atoms. The maximum absolute atomic E-state index is 9.42. The third-order valence-electron chi connectivity index (χ3n) is 2.86. The van der Waals surface area contributed by atoms with Gasteiger partial charge in [-0.15, -0.1) is 0 Å². The van der Waals surface area contributed by atoms with Gasteiger partial charge in [-0.25, -0.2) is 0 Å². The second-order valence-electron chi connectivity index (χ2n) is 4.47. The first-order valence-corrected chi connectivity index (χ1v) is 5.34. The average Bonchev–Trinajstić information content (AvgIpc) is 2.16. The normalized spacial score (nSPS) is 20.3. The van der Waals surface area contributed by atoms with Crippen molar-refractivity contribution in [1.29, 1.82) is 0 Å². The Morgan fingerprint density at radius 3 is 3.00 bits per heavy atom. The van der Waals surface area contributed by atoms with Gasteiger partial charge in [-0.3, -0.25) is 0 Å². The van der Waals surface area contributed by atoms with Crippen molar-refractivity contribution in [2.45, 2.75) is 12.5 Å². The highest BCUT2D eigenvalue weighted by Crippen LogP contribution is 2.27. The van der Waals surface area contributed by atoms with Gasteiger partial charge >= 0.3 is 0 Å². The van der Waals surface area contributed by atoms with Crippen molar-refractivity contribution in [2.24, 2.45) is 0 Å². The minimum atomic E-state index is 0.362. The molecule has 0 aliphatic carbocycles. The molecule has 0 saturated heterocycles. The molecule has 15 heavy (non-hydrogen) atoms. The zero-order valence-electron chi connectivity index (χ0n) is 9.33. The van der Waals surface area contributed by atoms with Crippen LogP contribution in [0.3, 0.4) is 0 Å². The number of hydrogen-bond acceptors (Lipinski definition) is 3. The molecule has 1 unspecified atom stereocenters. The number of hydrogen-bond donors (Lipinski definition) is 2. The van der Waals surface area contributed by atoms with Crippen molar-refractivity contribution in [3.05, 3.63) is 29.3 Å². The second kappa shape index (κ2) is 4.21. The molecule has 1 aromatic carbocycles. The van der Waals surface area contributed by atoms with Crippen LogP contribution in [0.2, 0.25) is 0 Å². The zero-order chi connectivity index (χ0) is 10.8. The number of phenolic OH excluding ortho intramolecular Hbond substituents is 1. The molecule has 0 fully saturated rings. The first kappa shape index (κ1) is 10.5. The van der Waals surface area contributed by atoms with E-state index in [-0.39, 0.29) is 0 Å². The fourth-order valence-corrected chi connectivity index (χ4v) is 2.24. The van der Waals surface area contributed by atoms with Crippen LogP contribution in [0.25, 0.3) is 0 Å². The molecular formula is C12H18N2O. The molecule has 1 atom stereocenters. The Labute approximate surface area is 90.7 Å². The van der Waals surface area contributed by atoms with E-state index >= 15 is 0 Å². The average molecular weight is 206 g/mol. The van der Waals surface area contributed by atoms with Gasteiger partial charge in [-0.1, -0.05) is 6.07 Å². The third-order valence-corrected chi connectivity index (χ3v) is 2.86. The number of phenols is 1. The van der Waals surface area contributed by atoms with Crippen molar-refractivity contribution >= 4 is 0 Å². The SMILES string of the molecule is CN(C)CC1CNCc2cc(O)ccc21. The van der Waals surface area contributed by atoms with Crippen molar-refractivity contribution in [2.75, 3.05) is 27.2 Å². The Hall–Kier alpha value is -1.06. The predicted molar refractivity (Wildman–Crippen MR) is 61.1 cm³/mol. The van der Waals surface area contributed by atoms with Crippen molar-refractivity contribution in [3.63, 3.8) is 0 Å². The van der Waals surface area contributed by atoms with Crippen LogP contribution in [0.5, 0.6) is 5.75 Å². The quantitative estimate of drug-likeness (QED) is 0.761. The van der Waals surface area contributed by atoms with E-state index in [1.807, 2.05) is 6.07 Å². The molecule has 0 radical (unpaired) electrons. The molecule has 3 heteroatoms. The van der Waals surface area contributed by atoms with E-state index in [1.165, 1.54) is 11.1 Å². The van der Waals surface area contributed by atoms with Crippen molar-refractivity contribution in [1.82, 2.24) is 10.2 Å². The summed E-state index contributed by atoms with van der Waals surface area (Å²) in [5.41, 5.74) is 2.60. The van der Waals surface area contributed by atoms with E-state index in [1.54, 1.807) is 6.07 Å². The summed E-state index contributed by atoms with van der Waals surface area (Å²) >= 11 is 0. The Kier molecular flexibility index (Phi) is 2.93. The van der Waals surface area contributed by atoms with E-state index in [9.17, 15) is 5.11 Å². The number of aromatic hydroxyl groups is 1. The standard InChI is InChI=1S/C12H18N2O/c1-14(2)8-10-7-13-6-9-5-11(15)3-4-12(9)10/h3-5,10,13,15H,6-8H2,1-2H3. The van der Waals surface area contributed by atoms with Crippen LogP contribution >= 0.6 is 0 Å². The molecule has 2 N–H and O–H groups in total. The molecule has 82 valence electrons. The lowest BCUT2D eigenvalue weighted by Crippen LogP contribution is -2.33. The first-order valence-electron chi connectivity index (χ1n) is 5.34. The smallest absolute Gasteiger partial charge is 0.115 e. The molecule has 1 aliphatic rings. The molecule has 3 nitrogen and oxygen atoms in total. The number of nitrogens with zero attached hydrogens (tertiary/aromatic N) is 1. The van der Waals surface area contributed by atoms with Gasteiger partial charge in [0, 0.05) is 25.6 Å². The van der Waals surface area contributed by atoms with Gasteiger partial charge in [0.2, 0.25) is 0 Å². The van der Waals surface area contributed by atoms with Gasteiger partial charge in [-0.2, -0.15) is 0 Å². The van der Waals surface area contributed by atoms with Crippen LogP contribution in [0.1, 0.15) is 17.0 Å². The van der Waals surface area contributed by atoms with E-state index in [2.05, 4.69) is 30.4 Å². The molecule has 1 aromatic rings. The van der Waals surface area contributed by atoms with Crippen LogP contribution in [0.4, 0.5) is 0 Å². The van der Waals surface area contributed by atoms with Gasteiger partial charge < -0.3 is 15.3 Å². The summed E-state index contributed by atoms with van der Waals surface area (Å²) in [4.78, 5) is 2.20. The molecule has 0 saturated carbocycles. The summed E-state index contributed by atoms with van der Waals surface area (Å²) in [5, 5.41) is 12.8. The largest absolute Gasteiger partial charge is 0.508 e. The van der Waals surface area contributed by atoms with Gasteiger partial charge in [0.25, 0.3) is 0 Å². The maximum atomic E-state index is 9.42. The van der Waals surface area contributed by atoms with Crippen LogP contribution in [-0.2, 0) is 6.54 Å². The number of fused-ring (bicyclic) bond motifs is 1. The van der Waals surface area contributed by atoms with Crippen molar-refractivity contribution in [3.8, 4) is 5.75 Å². The zero-order valence-corrected chi connectivity index (χ0v) is 9.33. The number of rotatable bonds is 2. The third kappa shape index (κ3) is 2.30. The Morgan fingerprint density at radius 1 is 1.47 bits per heavy atom. The van der Waals surface area contributed by atoms with Gasteiger partial charge in [0.1, 0.15) is 5.75 Å². The van der Waals surface area contributed by atoms with Gasteiger partial charge in [0.15, 0.2) is 0 Å². The molecule has 0 aromatic heterocycles. The Balaban J connectivity index is 2.26. The molecule has 1 heterocycles. The summed E-state index contributed by atoms with van der Waals surface area (Å²) in [6.45, 7) is 2.94. The number of benzene rings is 1. The fourth-order valence-electron chi connectivity index (χ4n) is 2.24. The van der Waals surface area contributed by atoms with Crippen LogP contribution in [0.15, 0.2) is 18.2 Å². The van der Waals surface area contributed by atoms with E-state index in [0.29, 0.717) is 11.7 Å². The molecule has 0 amide bonds. The highest BCUT2D eigenvalue weighted by atomic mass is 16.3. The minimum Gasteiger partial charge on any atom is -0.508 e. The van der Waals surface area contributed by atoms with E-state index in [4.69, 9.17) is 0 Å². The van der Waals surface area contributed by atoms with Gasteiger partial charge in [-0.05, 0) is 37.4 Å². The maximum Gasteiger partial charge on any atom is 0.115 e. The fraction of sp³-hybridized carbons (Fsp3) is 0.500. The lowest BCUT2D eigenvalue weighted by atomic mass is 9.90. The number of nitrogens with one attached hydrogen (secondary N) is 1. The first-order chi connectivity index (χ1) is 7.16. The van der Waals surface area contributed by atoms with Crippen molar-refractivity contribution < 1.29 is 5.11 Å². The Bertz CT molecular complexity index is 349. The lowest BCUT2D eigenvalue weighted by molar-refractivity contribution is 0.355. The van der Waals surface area contributed by atoms with Crippen LogP contribution in [-0.4, -0.2) is 37.2 Å². The predicted octanol–water partition coefficient (Wildman–Crippen LogP) is 1.14. The van der Waals surface area contributed by atoms with E-state index < -0.39 is 0 Å². The molecule has 2 rings (SSSR count). The van der Waals surface area contributed by atoms with Crippen LogP contribution < -0.4 is 5.32 Å². The highest BCUT2D eigenvalue weighted by Gasteiger charge is 2.20. The summed E-state index contributed by atoms with van der Waals surface area (Å²) in [6, 6.07) is 5.70. The summed E-state index contributed by atoms with van der Waals surface area (Å²) in [7, 11) is 4.18. The topological polar surface area (TPSA) is 35.5 Å². The lowest BCUT2D eigenvalue weighted by Gasteiger charge is -2.28. The Morgan fingerprint density at radius 2 is 2.27 bits per heavy atom. The van der Waals surface area contributed by atoms with Crippen LogP contribution in [0, 0.1) is 0 Å². The van der Waals surface area contributed by atoms with E-state index in [0.717, 1.165) is 19.6 Å². The number of likely N-dealkylation sites (N-methyl/N-ethyl adjacent to an activating group) is 1. The molecule has 0 spiro atoms. The van der Waals surface area contributed by atoms with Gasteiger partial charge in [0.05, 0.1) is 0 Å².